The number of piperidine rings is 1. The summed E-state index contributed by atoms with van der Waals surface area (Å²) in [6.07, 6.45) is 1.27. The summed E-state index contributed by atoms with van der Waals surface area (Å²) in [6.45, 7) is 0.788. The lowest BCUT2D eigenvalue weighted by atomic mass is 10.1. The number of carbonyl (C=O) groups is 2. The smallest absolute Gasteiger partial charge is 0.238 e. The van der Waals surface area contributed by atoms with Crippen LogP contribution in [0.2, 0.25) is 5.02 Å². The van der Waals surface area contributed by atoms with E-state index in [2.05, 4.69) is 16.0 Å². The minimum absolute atomic E-state index is 0.0708. The van der Waals surface area contributed by atoms with Crippen molar-refractivity contribution in [3.05, 3.63) is 29.3 Å². The lowest BCUT2D eigenvalue weighted by Gasteiger charge is -2.23. The first-order chi connectivity index (χ1) is 9.13. The quantitative estimate of drug-likeness (QED) is 0.775. The van der Waals surface area contributed by atoms with Crippen LogP contribution in [-0.2, 0) is 9.59 Å². The van der Waals surface area contributed by atoms with Gasteiger partial charge < -0.3 is 16.0 Å². The zero-order chi connectivity index (χ0) is 13.7. The fourth-order valence-electron chi connectivity index (χ4n) is 1.92. The van der Waals surface area contributed by atoms with Crippen LogP contribution in [0.1, 0.15) is 12.8 Å². The molecular formula is C13H16ClN3O2. The van der Waals surface area contributed by atoms with Crippen LogP contribution < -0.4 is 16.0 Å². The van der Waals surface area contributed by atoms with Crippen molar-refractivity contribution in [3.8, 4) is 0 Å². The predicted octanol–water partition coefficient (Wildman–Crippen LogP) is 1.15. The van der Waals surface area contributed by atoms with Crippen LogP contribution in [0.15, 0.2) is 24.3 Å². The Labute approximate surface area is 116 Å². The van der Waals surface area contributed by atoms with Crippen molar-refractivity contribution >= 4 is 29.1 Å². The molecule has 102 valence electrons. The zero-order valence-electron chi connectivity index (χ0n) is 10.4. The molecule has 1 aromatic carbocycles. The number of rotatable bonds is 4. The highest BCUT2D eigenvalue weighted by Gasteiger charge is 2.17. The summed E-state index contributed by atoms with van der Waals surface area (Å²) >= 11 is 5.83. The number of hydrogen-bond donors (Lipinski definition) is 3. The number of carbonyl (C=O) groups excluding carboxylic acids is 2. The first-order valence-corrected chi connectivity index (χ1v) is 6.57. The van der Waals surface area contributed by atoms with Crippen LogP contribution in [0, 0.1) is 0 Å². The average molecular weight is 282 g/mol. The van der Waals surface area contributed by atoms with Crippen LogP contribution in [0.3, 0.4) is 0 Å². The Bertz CT molecular complexity index is 469. The van der Waals surface area contributed by atoms with E-state index in [0.29, 0.717) is 23.7 Å². The normalized spacial score (nSPS) is 18.8. The van der Waals surface area contributed by atoms with Crippen molar-refractivity contribution < 1.29 is 9.59 Å². The molecule has 0 aliphatic carbocycles. The average Bonchev–Trinajstić information content (AvgIpc) is 2.38. The van der Waals surface area contributed by atoms with Gasteiger partial charge in [-0.1, -0.05) is 17.7 Å². The molecule has 1 aliphatic heterocycles. The summed E-state index contributed by atoms with van der Waals surface area (Å²) in [5, 5.41) is 9.22. The van der Waals surface area contributed by atoms with Crippen molar-refractivity contribution in [2.75, 3.05) is 18.4 Å². The maximum Gasteiger partial charge on any atom is 0.238 e. The standard InChI is InChI=1S/C13H16ClN3O2/c14-9-2-1-3-10(6-9)17-13(19)8-15-11-4-5-12(18)16-7-11/h1-3,6,11,15H,4-5,7-8H2,(H,16,18)(H,17,19). The van der Waals surface area contributed by atoms with Gasteiger partial charge in [-0.2, -0.15) is 0 Å². The largest absolute Gasteiger partial charge is 0.355 e. The topological polar surface area (TPSA) is 70.2 Å². The first kappa shape index (κ1) is 13.8. The van der Waals surface area contributed by atoms with Crippen LogP contribution in [-0.4, -0.2) is 30.9 Å². The van der Waals surface area contributed by atoms with E-state index < -0.39 is 0 Å². The van der Waals surface area contributed by atoms with Crippen molar-refractivity contribution in [2.24, 2.45) is 0 Å². The van der Waals surface area contributed by atoms with Crippen molar-refractivity contribution in [2.45, 2.75) is 18.9 Å². The van der Waals surface area contributed by atoms with Crippen molar-refractivity contribution in [3.63, 3.8) is 0 Å². The molecule has 1 fully saturated rings. The van der Waals surface area contributed by atoms with Crippen molar-refractivity contribution in [1.29, 1.82) is 0 Å². The van der Waals surface area contributed by atoms with Crippen LogP contribution in [0.4, 0.5) is 5.69 Å². The SMILES string of the molecule is O=C1CCC(NCC(=O)Nc2cccc(Cl)c2)CN1. The summed E-state index contributed by atoms with van der Waals surface area (Å²) in [5.74, 6) is -0.0550. The minimum atomic E-state index is -0.126. The summed E-state index contributed by atoms with van der Waals surface area (Å²) in [7, 11) is 0. The molecule has 2 rings (SSSR count). The molecule has 0 bridgehead atoms. The van der Waals surface area contributed by atoms with Gasteiger partial charge in [0.1, 0.15) is 0 Å². The fourth-order valence-corrected chi connectivity index (χ4v) is 2.11. The molecule has 3 N–H and O–H groups in total. The van der Waals surface area contributed by atoms with E-state index in [4.69, 9.17) is 11.6 Å². The maximum absolute atomic E-state index is 11.7. The van der Waals surface area contributed by atoms with E-state index in [9.17, 15) is 9.59 Å². The third-order valence-corrected chi connectivity index (χ3v) is 3.16. The van der Waals surface area contributed by atoms with E-state index in [1.165, 1.54) is 0 Å². The maximum atomic E-state index is 11.7. The third-order valence-electron chi connectivity index (χ3n) is 2.93. The molecule has 2 amide bonds. The monoisotopic (exact) mass is 281 g/mol. The molecule has 1 heterocycles. The molecular weight excluding hydrogens is 266 g/mol. The molecule has 0 spiro atoms. The Kier molecular flexibility index (Phi) is 4.76. The van der Waals surface area contributed by atoms with Gasteiger partial charge >= 0.3 is 0 Å². The van der Waals surface area contributed by atoms with Gasteiger partial charge in [0.2, 0.25) is 11.8 Å². The third kappa shape index (κ3) is 4.54. The summed E-state index contributed by atoms with van der Waals surface area (Å²) in [6, 6.07) is 7.16. The second kappa shape index (κ2) is 6.54. The molecule has 1 aromatic rings. The van der Waals surface area contributed by atoms with Gasteiger partial charge in [0.15, 0.2) is 0 Å². The van der Waals surface area contributed by atoms with E-state index >= 15 is 0 Å². The molecule has 0 saturated carbocycles. The van der Waals surface area contributed by atoms with E-state index in [-0.39, 0.29) is 24.4 Å². The number of amides is 2. The van der Waals surface area contributed by atoms with E-state index in [1.54, 1.807) is 24.3 Å². The number of nitrogens with one attached hydrogen (secondary N) is 3. The van der Waals surface area contributed by atoms with Gasteiger partial charge in [-0.15, -0.1) is 0 Å². The number of benzene rings is 1. The van der Waals surface area contributed by atoms with E-state index in [0.717, 1.165) is 6.42 Å². The minimum Gasteiger partial charge on any atom is -0.355 e. The Balaban J connectivity index is 1.74. The molecule has 1 unspecified atom stereocenters. The van der Waals surface area contributed by atoms with Crippen molar-refractivity contribution in [1.82, 2.24) is 10.6 Å². The number of hydrogen-bond acceptors (Lipinski definition) is 3. The molecule has 19 heavy (non-hydrogen) atoms. The lowest BCUT2D eigenvalue weighted by Crippen LogP contribution is -2.47. The van der Waals surface area contributed by atoms with E-state index in [1.807, 2.05) is 0 Å². The predicted molar refractivity (Wildman–Crippen MR) is 74.1 cm³/mol. The van der Waals surface area contributed by atoms with Crippen LogP contribution in [0.25, 0.3) is 0 Å². The van der Waals surface area contributed by atoms with Gasteiger partial charge in [-0.3, -0.25) is 9.59 Å². The molecule has 1 saturated heterocycles. The van der Waals surface area contributed by atoms with Gasteiger partial charge in [0.25, 0.3) is 0 Å². The summed E-state index contributed by atoms with van der Waals surface area (Å²) < 4.78 is 0. The second-order valence-corrected chi connectivity index (χ2v) is 4.92. The number of halogens is 1. The molecule has 0 radical (unpaired) electrons. The summed E-state index contributed by atoms with van der Waals surface area (Å²) in [5.41, 5.74) is 0.677. The lowest BCUT2D eigenvalue weighted by molar-refractivity contribution is -0.122. The molecule has 6 heteroatoms. The van der Waals surface area contributed by atoms with Crippen LogP contribution >= 0.6 is 11.6 Å². The summed E-state index contributed by atoms with van der Waals surface area (Å²) in [4.78, 5) is 22.7. The Morgan fingerprint density at radius 2 is 2.32 bits per heavy atom. The zero-order valence-corrected chi connectivity index (χ0v) is 11.2. The second-order valence-electron chi connectivity index (χ2n) is 4.48. The highest BCUT2D eigenvalue weighted by Crippen LogP contribution is 2.14. The highest BCUT2D eigenvalue weighted by atomic mass is 35.5. The van der Waals surface area contributed by atoms with Crippen LogP contribution in [0.5, 0.6) is 0 Å². The first-order valence-electron chi connectivity index (χ1n) is 6.19. The Morgan fingerprint density at radius 1 is 1.47 bits per heavy atom. The van der Waals surface area contributed by atoms with Gasteiger partial charge in [0, 0.05) is 29.7 Å². The highest BCUT2D eigenvalue weighted by molar-refractivity contribution is 6.30. The van der Waals surface area contributed by atoms with Gasteiger partial charge in [-0.05, 0) is 24.6 Å². The Morgan fingerprint density at radius 3 is 3.00 bits per heavy atom. The Hall–Kier alpha value is -1.59. The molecule has 1 atom stereocenters. The fraction of sp³-hybridized carbons (Fsp3) is 0.385. The molecule has 0 aromatic heterocycles. The van der Waals surface area contributed by atoms with Gasteiger partial charge in [0.05, 0.1) is 6.54 Å². The van der Waals surface area contributed by atoms with Gasteiger partial charge in [-0.25, -0.2) is 0 Å². The number of anilines is 1. The molecule has 1 aliphatic rings. The molecule has 5 nitrogen and oxygen atoms in total.